The van der Waals surface area contributed by atoms with E-state index in [1.54, 1.807) is 6.07 Å². The maximum atomic E-state index is 14.9. The zero-order valence-corrected chi connectivity index (χ0v) is 15.0. The average molecular weight is 339 g/mol. The Balaban J connectivity index is 2.06. The number of hydrogen-bond acceptors (Lipinski definition) is 4. The molecular formula is C20H22FN3O. The Morgan fingerprint density at radius 2 is 1.72 bits per heavy atom. The van der Waals surface area contributed by atoms with Crippen molar-refractivity contribution in [3.63, 3.8) is 0 Å². The van der Waals surface area contributed by atoms with Crippen molar-refractivity contribution in [2.75, 3.05) is 18.0 Å². The normalized spacial score (nSPS) is 20.4. The summed E-state index contributed by atoms with van der Waals surface area (Å²) < 4.78 is 20.6. The van der Waals surface area contributed by atoms with Crippen LogP contribution in [-0.4, -0.2) is 30.3 Å². The number of nitriles is 1. The number of aryl methyl sites for hydroxylation is 2. The van der Waals surface area contributed by atoms with E-state index in [0.29, 0.717) is 29.9 Å². The fourth-order valence-corrected chi connectivity index (χ4v) is 3.50. The molecule has 0 N–H and O–H groups in total. The minimum atomic E-state index is -0.317. The predicted molar refractivity (Wildman–Crippen MR) is 96.0 cm³/mol. The number of aromatic nitrogens is 1. The van der Waals surface area contributed by atoms with Crippen LogP contribution in [0.15, 0.2) is 24.3 Å². The highest BCUT2D eigenvalue weighted by Crippen LogP contribution is 2.32. The predicted octanol–water partition coefficient (Wildman–Crippen LogP) is 3.99. The first kappa shape index (κ1) is 17.4. The molecule has 2 aromatic rings. The van der Waals surface area contributed by atoms with Crippen molar-refractivity contribution in [1.82, 2.24) is 4.98 Å². The Bertz CT molecular complexity index is 813. The molecule has 3 rings (SSSR count). The van der Waals surface area contributed by atoms with E-state index in [1.165, 1.54) is 6.07 Å². The van der Waals surface area contributed by atoms with Gasteiger partial charge in [0, 0.05) is 30.0 Å². The van der Waals surface area contributed by atoms with Gasteiger partial charge >= 0.3 is 0 Å². The molecular weight excluding hydrogens is 317 g/mol. The molecule has 0 radical (unpaired) electrons. The number of halogens is 1. The molecule has 0 amide bonds. The highest BCUT2D eigenvalue weighted by atomic mass is 19.1. The molecule has 2 heterocycles. The van der Waals surface area contributed by atoms with Gasteiger partial charge in [0.1, 0.15) is 5.82 Å². The minimum absolute atomic E-state index is 0.0267. The number of benzene rings is 1. The van der Waals surface area contributed by atoms with Gasteiger partial charge in [0.25, 0.3) is 0 Å². The van der Waals surface area contributed by atoms with E-state index in [1.807, 2.05) is 44.7 Å². The molecule has 5 heteroatoms. The first-order valence-electron chi connectivity index (χ1n) is 8.47. The van der Waals surface area contributed by atoms with Gasteiger partial charge in [0.2, 0.25) is 0 Å². The first-order chi connectivity index (χ1) is 11.9. The molecule has 1 aromatic heterocycles. The lowest BCUT2D eigenvalue weighted by atomic mass is 9.98. The fraction of sp³-hybridized carbons (Fsp3) is 0.400. The zero-order valence-electron chi connectivity index (χ0n) is 15.0. The number of ether oxygens (including phenoxy) is 1. The Kier molecular flexibility index (Phi) is 4.73. The molecule has 0 spiro atoms. The Morgan fingerprint density at radius 1 is 1.12 bits per heavy atom. The molecule has 1 aliphatic rings. The minimum Gasteiger partial charge on any atom is -0.372 e. The average Bonchev–Trinajstić information content (AvgIpc) is 2.52. The Labute approximate surface area is 147 Å². The summed E-state index contributed by atoms with van der Waals surface area (Å²) in [5, 5.41) is 9.60. The highest BCUT2D eigenvalue weighted by molar-refractivity contribution is 5.74. The van der Waals surface area contributed by atoms with Gasteiger partial charge in [0.05, 0.1) is 29.5 Å². The first-order valence-corrected chi connectivity index (χ1v) is 8.47. The van der Waals surface area contributed by atoms with Crippen LogP contribution in [0.3, 0.4) is 0 Å². The molecule has 1 fully saturated rings. The van der Waals surface area contributed by atoms with Crippen molar-refractivity contribution < 1.29 is 9.13 Å². The summed E-state index contributed by atoms with van der Waals surface area (Å²) in [5.41, 5.74) is 4.04. The van der Waals surface area contributed by atoms with E-state index >= 15 is 0 Å². The van der Waals surface area contributed by atoms with Crippen LogP contribution in [0, 0.1) is 31.0 Å². The third kappa shape index (κ3) is 3.64. The van der Waals surface area contributed by atoms with Crippen LogP contribution in [0.25, 0.3) is 11.1 Å². The molecule has 0 bridgehead atoms. The molecule has 0 saturated carbocycles. The standard InChI is InChI=1S/C20H22FN3O/c1-12-5-16(6-13(2)23-12)18-8-19(21)20(7-17(18)9-22)24-10-14(3)25-15(4)11-24/h5-8,14-15H,10-11H2,1-4H3/t14-,15+. The van der Waals surface area contributed by atoms with Gasteiger partial charge in [-0.2, -0.15) is 5.26 Å². The molecule has 1 aromatic carbocycles. The number of pyridine rings is 1. The third-order valence-corrected chi connectivity index (χ3v) is 4.36. The second-order valence-corrected chi connectivity index (χ2v) is 6.76. The van der Waals surface area contributed by atoms with E-state index in [-0.39, 0.29) is 18.0 Å². The van der Waals surface area contributed by atoms with E-state index in [9.17, 15) is 9.65 Å². The van der Waals surface area contributed by atoms with Crippen LogP contribution in [0.4, 0.5) is 10.1 Å². The number of rotatable bonds is 2. The van der Waals surface area contributed by atoms with Gasteiger partial charge in [-0.3, -0.25) is 4.98 Å². The second-order valence-electron chi connectivity index (χ2n) is 6.76. The molecule has 0 unspecified atom stereocenters. The molecule has 1 saturated heterocycles. The summed E-state index contributed by atoms with van der Waals surface area (Å²) in [4.78, 5) is 6.31. The smallest absolute Gasteiger partial charge is 0.147 e. The highest BCUT2D eigenvalue weighted by Gasteiger charge is 2.25. The van der Waals surface area contributed by atoms with E-state index in [0.717, 1.165) is 17.0 Å². The SMILES string of the molecule is Cc1cc(-c2cc(F)c(N3C[C@@H](C)O[C@@H](C)C3)cc2C#N)cc(C)n1. The largest absolute Gasteiger partial charge is 0.372 e. The molecule has 25 heavy (non-hydrogen) atoms. The van der Waals surface area contributed by atoms with Crippen LogP contribution < -0.4 is 4.90 Å². The van der Waals surface area contributed by atoms with Crippen molar-refractivity contribution >= 4 is 5.69 Å². The van der Waals surface area contributed by atoms with Crippen LogP contribution in [0.5, 0.6) is 0 Å². The summed E-state index contributed by atoms with van der Waals surface area (Å²) in [6.45, 7) is 8.96. The second kappa shape index (κ2) is 6.81. The number of hydrogen-bond donors (Lipinski definition) is 0. The quantitative estimate of drug-likeness (QED) is 0.830. The lowest BCUT2D eigenvalue weighted by molar-refractivity contribution is -0.00539. The Morgan fingerprint density at radius 3 is 2.28 bits per heavy atom. The van der Waals surface area contributed by atoms with Gasteiger partial charge in [-0.25, -0.2) is 4.39 Å². The van der Waals surface area contributed by atoms with Crippen LogP contribution in [-0.2, 0) is 4.74 Å². The fourth-order valence-electron chi connectivity index (χ4n) is 3.50. The summed E-state index contributed by atoms with van der Waals surface area (Å²) in [6, 6.07) is 9.09. The summed E-state index contributed by atoms with van der Waals surface area (Å²) in [6.07, 6.45) is 0.0534. The number of morpholine rings is 1. The van der Waals surface area contributed by atoms with Gasteiger partial charge in [0.15, 0.2) is 0 Å². The maximum Gasteiger partial charge on any atom is 0.147 e. The summed E-state index contributed by atoms with van der Waals surface area (Å²) >= 11 is 0. The van der Waals surface area contributed by atoms with E-state index < -0.39 is 0 Å². The molecule has 1 aliphatic heterocycles. The van der Waals surface area contributed by atoms with Crippen molar-refractivity contribution in [2.24, 2.45) is 0 Å². The number of anilines is 1. The maximum absolute atomic E-state index is 14.9. The van der Waals surface area contributed by atoms with Crippen molar-refractivity contribution in [2.45, 2.75) is 39.9 Å². The van der Waals surface area contributed by atoms with E-state index in [2.05, 4.69) is 11.1 Å². The monoisotopic (exact) mass is 339 g/mol. The third-order valence-electron chi connectivity index (χ3n) is 4.36. The number of nitrogens with zero attached hydrogens (tertiary/aromatic N) is 3. The van der Waals surface area contributed by atoms with Crippen LogP contribution in [0.1, 0.15) is 30.8 Å². The van der Waals surface area contributed by atoms with Gasteiger partial charge in [-0.15, -0.1) is 0 Å². The van der Waals surface area contributed by atoms with Gasteiger partial charge in [-0.1, -0.05) is 0 Å². The molecule has 4 nitrogen and oxygen atoms in total. The molecule has 2 atom stereocenters. The van der Waals surface area contributed by atoms with E-state index in [4.69, 9.17) is 4.74 Å². The van der Waals surface area contributed by atoms with Crippen molar-refractivity contribution in [3.8, 4) is 17.2 Å². The summed E-state index contributed by atoms with van der Waals surface area (Å²) in [5.74, 6) is -0.317. The van der Waals surface area contributed by atoms with Gasteiger partial charge < -0.3 is 9.64 Å². The summed E-state index contributed by atoms with van der Waals surface area (Å²) in [7, 11) is 0. The van der Waals surface area contributed by atoms with Crippen molar-refractivity contribution in [3.05, 3.63) is 47.0 Å². The molecule has 130 valence electrons. The van der Waals surface area contributed by atoms with Crippen LogP contribution in [0.2, 0.25) is 0 Å². The lowest BCUT2D eigenvalue weighted by Gasteiger charge is -2.37. The van der Waals surface area contributed by atoms with Crippen molar-refractivity contribution in [1.29, 1.82) is 5.26 Å². The van der Waals surface area contributed by atoms with Crippen LogP contribution >= 0.6 is 0 Å². The Hall–Kier alpha value is -2.45. The molecule has 0 aliphatic carbocycles. The topological polar surface area (TPSA) is 49.1 Å². The van der Waals surface area contributed by atoms with Gasteiger partial charge in [-0.05, 0) is 57.5 Å². The lowest BCUT2D eigenvalue weighted by Crippen LogP contribution is -2.45. The zero-order chi connectivity index (χ0) is 18.1.